The molecular formula is C12H16BrN3O4S. The SMILES string of the molecule is COc1ccc(Br)cc1S(=O)(=O)N1CCNCC1C(N)=O. The first-order valence-corrected chi connectivity index (χ1v) is 8.46. The Bertz CT molecular complexity index is 650. The van der Waals surface area contributed by atoms with E-state index in [0.29, 0.717) is 11.0 Å². The second-order valence-electron chi connectivity index (χ2n) is 4.53. The van der Waals surface area contributed by atoms with Crippen LogP contribution in [0.4, 0.5) is 0 Å². The number of sulfonamides is 1. The zero-order valence-electron chi connectivity index (χ0n) is 11.4. The second kappa shape index (κ2) is 6.30. The molecule has 1 atom stereocenters. The summed E-state index contributed by atoms with van der Waals surface area (Å²) in [5, 5.41) is 2.96. The minimum atomic E-state index is -3.88. The molecule has 7 nitrogen and oxygen atoms in total. The van der Waals surface area contributed by atoms with E-state index in [1.807, 2.05) is 0 Å². The Morgan fingerprint density at radius 3 is 2.86 bits per heavy atom. The van der Waals surface area contributed by atoms with Gasteiger partial charge in [0.05, 0.1) is 7.11 Å². The van der Waals surface area contributed by atoms with Gasteiger partial charge in [-0.05, 0) is 18.2 Å². The van der Waals surface area contributed by atoms with E-state index in [9.17, 15) is 13.2 Å². The number of nitrogens with one attached hydrogen (secondary N) is 1. The van der Waals surface area contributed by atoms with Crippen molar-refractivity contribution in [3.05, 3.63) is 22.7 Å². The first-order chi connectivity index (χ1) is 9.87. The molecule has 3 N–H and O–H groups in total. The molecule has 0 radical (unpaired) electrons. The van der Waals surface area contributed by atoms with Crippen molar-refractivity contribution in [3.63, 3.8) is 0 Å². The molecule has 0 saturated carbocycles. The number of methoxy groups -OCH3 is 1. The van der Waals surface area contributed by atoms with Crippen molar-refractivity contribution < 1.29 is 17.9 Å². The average molecular weight is 378 g/mol. The Labute approximate surface area is 131 Å². The van der Waals surface area contributed by atoms with Gasteiger partial charge in [0.2, 0.25) is 15.9 Å². The van der Waals surface area contributed by atoms with Gasteiger partial charge in [0, 0.05) is 24.1 Å². The lowest BCUT2D eigenvalue weighted by atomic mass is 10.2. The Hall–Kier alpha value is -1.16. The van der Waals surface area contributed by atoms with E-state index in [0.717, 1.165) is 4.31 Å². The first-order valence-electron chi connectivity index (χ1n) is 6.23. The van der Waals surface area contributed by atoms with Crippen LogP contribution in [0.25, 0.3) is 0 Å². The van der Waals surface area contributed by atoms with Crippen LogP contribution in [-0.4, -0.2) is 51.4 Å². The zero-order chi connectivity index (χ0) is 15.6. The molecule has 0 aromatic heterocycles. The number of piperazine rings is 1. The highest BCUT2D eigenvalue weighted by atomic mass is 79.9. The summed E-state index contributed by atoms with van der Waals surface area (Å²) in [6, 6.07) is 3.78. The number of carbonyl (C=O) groups excluding carboxylic acids is 1. The first kappa shape index (κ1) is 16.2. The third-order valence-corrected chi connectivity index (χ3v) is 5.66. The van der Waals surface area contributed by atoms with E-state index in [1.54, 1.807) is 12.1 Å². The highest BCUT2D eigenvalue weighted by molar-refractivity contribution is 9.10. The lowest BCUT2D eigenvalue weighted by Gasteiger charge is -2.33. The van der Waals surface area contributed by atoms with Gasteiger partial charge in [0.1, 0.15) is 16.7 Å². The topological polar surface area (TPSA) is 102 Å². The molecular weight excluding hydrogens is 362 g/mol. The van der Waals surface area contributed by atoms with Gasteiger partial charge in [-0.1, -0.05) is 15.9 Å². The molecule has 1 aliphatic heterocycles. The van der Waals surface area contributed by atoms with Crippen LogP contribution in [0.1, 0.15) is 0 Å². The molecule has 1 unspecified atom stereocenters. The molecule has 1 amide bonds. The smallest absolute Gasteiger partial charge is 0.247 e. The molecule has 1 aromatic rings. The third kappa shape index (κ3) is 3.20. The van der Waals surface area contributed by atoms with Gasteiger partial charge < -0.3 is 15.8 Å². The van der Waals surface area contributed by atoms with E-state index in [-0.39, 0.29) is 23.7 Å². The number of nitrogens with two attached hydrogens (primary N) is 1. The summed E-state index contributed by atoms with van der Waals surface area (Å²) in [5.74, 6) is -0.459. The lowest BCUT2D eigenvalue weighted by molar-refractivity contribution is -0.122. The number of rotatable bonds is 4. The quantitative estimate of drug-likeness (QED) is 0.762. The molecule has 1 heterocycles. The summed E-state index contributed by atoms with van der Waals surface area (Å²) in [7, 11) is -2.49. The number of hydrogen-bond acceptors (Lipinski definition) is 5. The fourth-order valence-electron chi connectivity index (χ4n) is 2.19. The van der Waals surface area contributed by atoms with Crippen molar-refractivity contribution in [2.75, 3.05) is 26.7 Å². The van der Waals surface area contributed by atoms with Crippen LogP contribution in [0.2, 0.25) is 0 Å². The number of carbonyl (C=O) groups is 1. The molecule has 116 valence electrons. The number of primary amides is 1. The molecule has 1 saturated heterocycles. The fourth-order valence-corrected chi connectivity index (χ4v) is 4.49. The third-order valence-electron chi connectivity index (χ3n) is 3.24. The van der Waals surface area contributed by atoms with Crippen LogP contribution >= 0.6 is 15.9 Å². The number of halogens is 1. The maximum atomic E-state index is 12.8. The zero-order valence-corrected chi connectivity index (χ0v) is 13.8. The van der Waals surface area contributed by atoms with E-state index < -0.39 is 22.0 Å². The van der Waals surface area contributed by atoms with E-state index in [4.69, 9.17) is 10.5 Å². The molecule has 0 aliphatic carbocycles. The molecule has 9 heteroatoms. The van der Waals surface area contributed by atoms with Crippen molar-refractivity contribution >= 4 is 31.9 Å². The molecule has 1 aromatic carbocycles. The number of nitrogens with zero attached hydrogens (tertiary/aromatic N) is 1. The Morgan fingerprint density at radius 1 is 1.52 bits per heavy atom. The van der Waals surface area contributed by atoms with E-state index >= 15 is 0 Å². The fraction of sp³-hybridized carbons (Fsp3) is 0.417. The van der Waals surface area contributed by atoms with E-state index in [2.05, 4.69) is 21.2 Å². The summed E-state index contributed by atoms with van der Waals surface area (Å²) in [4.78, 5) is 11.5. The van der Waals surface area contributed by atoms with Crippen molar-refractivity contribution in [3.8, 4) is 5.75 Å². The number of hydrogen-bond donors (Lipinski definition) is 2. The maximum absolute atomic E-state index is 12.8. The van der Waals surface area contributed by atoms with Crippen molar-refractivity contribution in [2.45, 2.75) is 10.9 Å². The van der Waals surface area contributed by atoms with Crippen LogP contribution in [0.5, 0.6) is 5.75 Å². The minimum absolute atomic E-state index is 0.00697. The van der Waals surface area contributed by atoms with Crippen molar-refractivity contribution in [1.29, 1.82) is 0 Å². The number of ether oxygens (including phenoxy) is 1. The summed E-state index contributed by atoms with van der Waals surface area (Å²) >= 11 is 3.24. The normalized spacial score (nSPS) is 20.2. The standard InChI is InChI=1S/C12H16BrN3O4S/c1-20-10-3-2-8(13)6-11(10)21(18,19)16-5-4-15-7-9(16)12(14)17/h2-3,6,9,15H,4-5,7H2,1H3,(H2,14,17). The molecule has 2 rings (SSSR count). The number of benzene rings is 1. The van der Waals surface area contributed by atoms with Crippen LogP contribution in [0.15, 0.2) is 27.6 Å². The minimum Gasteiger partial charge on any atom is -0.495 e. The predicted octanol–water partition coefficient (Wildman–Crippen LogP) is -0.0945. The van der Waals surface area contributed by atoms with Gasteiger partial charge in [-0.3, -0.25) is 4.79 Å². The number of amides is 1. The molecule has 0 spiro atoms. The van der Waals surface area contributed by atoms with Crippen LogP contribution in [0, 0.1) is 0 Å². The summed E-state index contributed by atoms with van der Waals surface area (Å²) < 4.78 is 32.5. The Kier molecular flexibility index (Phi) is 4.87. The van der Waals surface area contributed by atoms with Gasteiger partial charge in [-0.25, -0.2) is 8.42 Å². The van der Waals surface area contributed by atoms with Gasteiger partial charge in [-0.2, -0.15) is 4.31 Å². The van der Waals surface area contributed by atoms with Crippen molar-refractivity contribution in [2.24, 2.45) is 5.73 Å². The summed E-state index contributed by atoms with van der Waals surface area (Å²) in [6.07, 6.45) is 0. The Balaban J connectivity index is 2.50. The molecule has 1 aliphatic rings. The molecule has 0 bridgehead atoms. The molecule has 1 fully saturated rings. The highest BCUT2D eigenvalue weighted by Gasteiger charge is 2.38. The van der Waals surface area contributed by atoms with Gasteiger partial charge in [-0.15, -0.1) is 0 Å². The predicted molar refractivity (Wildman–Crippen MR) is 80.4 cm³/mol. The van der Waals surface area contributed by atoms with Crippen molar-refractivity contribution in [1.82, 2.24) is 9.62 Å². The maximum Gasteiger partial charge on any atom is 0.247 e. The second-order valence-corrected chi connectivity index (χ2v) is 7.31. The van der Waals surface area contributed by atoms with E-state index in [1.165, 1.54) is 13.2 Å². The van der Waals surface area contributed by atoms with Gasteiger partial charge in [0.15, 0.2) is 0 Å². The summed E-state index contributed by atoms with van der Waals surface area (Å²) in [5.41, 5.74) is 5.31. The van der Waals surface area contributed by atoms with Crippen LogP contribution in [0.3, 0.4) is 0 Å². The molecule has 21 heavy (non-hydrogen) atoms. The van der Waals surface area contributed by atoms with Gasteiger partial charge >= 0.3 is 0 Å². The Morgan fingerprint density at radius 2 is 2.24 bits per heavy atom. The lowest BCUT2D eigenvalue weighted by Crippen LogP contribution is -2.58. The monoisotopic (exact) mass is 377 g/mol. The average Bonchev–Trinajstić information content (AvgIpc) is 2.47. The highest BCUT2D eigenvalue weighted by Crippen LogP contribution is 2.30. The van der Waals surface area contributed by atoms with Gasteiger partial charge in [0.25, 0.3) is 0 Å². The van der Waals surface area contributed by atoms with Crippen LogP contribution in [-0.2, 0) is 14.8 Å². The summed E-state index contributed by atoms with van der Waals surface area (Å²) in [6.45, 7) is 0.829. The van der Waals surface area contributed by atoms with Crippen LogP contribution < -0.4 is 15.8 Å². The largest absolute Gasteiger partial charge is 0.495 e.